The van der Waals surface area contributed by atoms with Gasteiger partial charge in [0.25, 0.3) is 0 Å². The summed E-state index contributed by atoms with van der Waals surface area (Å²) in [5.74, 6) is 2.10. The summed E-state index contributed by atoms with van der Waals surface area (Å²) in [4.78, 5) is 0. The SMILES string of the molecule is C=C.CC.CC.CC.CC1CC1C.CCC. The molecule has 1 aliphatic rings. The van der Waals surface area contributed by atoms with Gasteiger partial charge >= 0.3 is 0 Å². The molecule has 0 aromatic heterocycles. The quantitative estimate of drug-likeness (QED) is 0.396. The van der Waals surface area contributed by atoms with Gasteiger partial charge in [-0.25, -0.2) is 0 Å². The summed E-state index contributed by atoms with van der Waals surface area (Å²) in [6.07, 6.45) is 2.72. The van der Waals surface area contributed by atoms with Crippen LogP contribution in [-0.2, 0) is 0 Å². The highest BCUT2D eigenvalue weighted by Gasteiger charge is 2.26. The number of hydrogen-bond acceptors (Lipinski definition) is 0. The number of rotatable bonds is 0. The predicted molar refractivity (Wildman–Crippen MR) is 84.2 cm³/mol. The minimum absolute atomic E-state index is 1.05. The Morgan fingerprint density at radius 2 is 0.812 bits per heavy atom. The third-order valence-corrected chi connectivity index (χ3v) is 1.51. The van der Waals surface area contributed by atoms with E-state index in [0.717, 1.165) is 11.8 Å². The van der Waals surface area contributed by atoms with Crippen molar-refractivity contribution in [2.75, 3.05) is 0 Å². The van der Waals surface area contributed by atoms with Gasteiger partial charge in [-0.05, 0) is 18.3 Å². The van der Waals surface area contributed by atoms with E-state index in [0.29, 0.717) is 0 Å². The first kappa shape index (κ1) is 29.6. The molecule has 2 unspecified atom stereocenters. The highest BCUT2D eigenvalue weighted by Crippen LogP contribution is 2.36. The van der Waals surface area contributed by atoms with Crippen LogP contribution in [0, 0.1) is 11.8 Å². The summed E-state index contributed by atoms with van der Waals surface area (Å²) in [5, 5.41) is 0. The van der Waals surface area contributed by atoms with Crippen LogP contribution in [0.25, 0.3) is 0 Å². The van der Waals surface area contributed by atoms with Crippen molar-refractivity contribution < 1.29 is 0 Å². The van der Waals surface area contributed by atoms with E-state index < -0.39 is 0 Å². The van der Waals surface area contributed by atoms with Gasteiger partial charge in [-0.1, -0.05) is 75.7 Å². The molecule has 2 atom stereocenters. The van der Waals surface area contributed by atoms with Crippen LogP contribution in [0.2, 0.25) is 0 Å². The van der Waals surface area contributed by atoms with Crippen LogP contribution in [-0.4, -0.2) is 0 Å². The fraction of sp³-hybridized carbons (Fsp3) is 0.875. The summed E-state index contributed by atoms with van der Waals surface area (Å²) in [6, 6.07) is 0. The molecule has 0 heterocycles. The van der Waals surface area contributed by atoms with Gasteiger partial charge in [0, 0.05) is 0 Å². The predicted octanol–water partition coefficient (Wildman–Crippen LogP) is 6.96. The Balaban J connectivity index is -0.0000000328. The largest absolute Gasteiger partial charge is 0.106 e. The summed E-state index contributed by atoms with van der Waals surface area (Å²) < 4.78 is 0. The maximum Gasteiger partial charge on any atom is -0.0414 e. The molecule has 104 valence electrons. The fourth-order valence-corrected chi connectivity index (χ4v) is 0.508. The van der Waals surface area contributed by atoms with Crippen molar-refractivity contribution in [2.45, 2.75) is 82.1 Å². The van der Waals surface area contributed by atoms with E-state index in [4.69, 9.17) is 0 Å². The lowest BCUT2D eigenvalue weighted by Gasteiger charge is -1.66. The first-order valence-corrected chi connectivity index (χ1v) is 7.22. The maximum atomic E-state index is 3.00. The average molecular weight is 232 g/mol. The lowest BCUT2D eigenvalue weighted by molar-refractivity contribution is 0.834. The molecular weight excluding hydrogens is 192 g/mol. The van der Waals surface area contributed by atoms with Gasteiger partial charge in [0.2, 0.25) is 0 Å². The normalized spacial score (nSPS) is 17.9. The molecule has 0 spiro atoms. The molecule has 0 amide bonds. The van der Waals surface area contributed by atoms with Crippen LogP contribution in [0.15, 0.2) is 13.2 Å². The molecule has 0 saturated heterocycles. The second kappa shape index (κ2) is 46.5. The van der Waals surface area contributed by atoms with E-state index in [9.17, 15) is 0 Å². The van der Waals surface area contributed by atoms with Crippen molar-refractivity contribution >= 4 is 0 Å². The molecule has 0 heteroatoms. The van der Waals surface area contributed by atoms with E-state index in [2.05, 4.69) is 40.9 Å². The Hall–Kier alpha value is -0.260. The van der Waals surface area contributed by atoms with Crippen molar-refractivity contribution in [2.24, 2.45) is 11.8 Å². The van der Waals surface area contributed by atoms with E-state index in [1.807, 2.05) is 41.5 Å². The second-order valence-electron chi connectivity index (χ2n) is 2.90. The maximum absolute atomic E-state index is 3.00. The van der Waals surface area contributed by atoms with Crippen molar-refractivity contribution in [3.63, 3.8) is 0 Å². The van der Waals surface area contributed by atoms with Gasteiger partial charge in [0.15, 0.2) is 0 Å². The van der Waals surface area contributed by atoms with E-state index in [1.165, 1.54) is 12.8 Å². The summed E-state index contributed by atoms with van der Waals surface area (Å²) in [6.45, 7) is 26.8. The number of hydrogen-bond donors (Lipinski definition) is 0. The van der Waals surface area contributed by atoms with Crippen LogP contribution in [0.1, 0.15) is 82.1 Å². The zero-order chi connectivity index (χ0) is 14.6. The Bertz CT molecular complexity index is 51.1. The molecule has 0 aliphatic heterocycles. The first-order valence-electron chi connectivity index (χ1n) is 7.22. The van der Waals surface area contributed by atoms with Crippen molar-refractivity contribution in [1.82, 2.24) is 0 Å². The average Bonchev–Trinajstić information content (AvgIpc) is 3.04. The zero-order valence-corrected chi connectivity index (χ0v) is 14.0. The van der Waals surface area contributed by atoms with Crippen LogP contribution < -0.4 is 0 Å². The van der Waals surface area contributed by atoms with Crippen LogP contribution in [0.5, 0.6) is 0 Å². The minimum atomic E-state index is 1.05. The van der Waals surface area contributed by atoms with Crippen LogP contribution in [0.4, 0.5) is 0 Å². The van der Waals surface area contributed by atoms with E-state index in [-0.39, 0.29) is 0 Å². The van der Waals surface area contributed by atoms with Crippen LogP contribution >= 0.6 is 0 Å². The molecule has 1 rings (SSSR count). The molecule has 0 aromatic carbocycles. The molecule has 0 N–H and O–H groups in total. The highest BCUT2D eigenvalue weighted by molar-refractivity contribution is 4.76. The van der Waals surface area contributed by atoms with Gasteiger partial charge in [0.1, 0.15) is 0 Å². The van der Waals surface area contributed by atoms with Crippen LogP contribution in [0.3, 0.4) is 0 Å². The molecule has 0 aromatic rings. The molecule has 16 heavy (non-hydrogen) atoms. The van der Waals surface area contributed by atoms with Gasteiger partial charge in [0.05, 0.1) is 0 Å². The van der Waals surface area contributed by atoms with Crippen molar-refractivity contribution in [1.29, 1.82) is 0 Å². The molecule has 0 radical (unpaired) electrons. The van der Waals surface area contributed by atoms with Gasteiger partial charge in [-0.2, -0.15) is 0 Å². The van der Waals surface area contributed by atoms with Gasteiger partial charge in [-0.15, -0.1) is 13.2 Å². The molecule has 0 nitrogen and oxygen atoms in total. The third kappa shape index (κ3) is 67.7. The Kier molecular flexibility index (Phi) is 86.1. The molecule has 1 fully saturated rings. The summed E-state index contributed by atoms with van der Waals surface area (Å²) >= 11 is 0. The van der Waals surface area contributed by atoms with E-state index >= 15 is 0 Å². The Morgan fingerprint density at radius 3 is 0.812 bits per heavy atom. The van der Waals surface area contributed by atoms with Crippen molar-refractivity contribution in [3.05, 3.63) is 13.2 Å². The Morgan fingerprint density at radius 1 is 0.750 bits per heavy atom. The lowest BCUT2D eigenvalue weighted by atomic mass is 10.4. The fourth-order valence-electron chi connectivity index (χ4n) is 0.508. The monoisotopic (exact) mass is 232 g/mol. The van der Waals surface area contributed by atoms with Gasteiger partial charge in [-0.3, -0.25) is 0 Å². The zero-order valence-electron chi connectivity index (χ0n) is 14.0. The summed E-state index contributed by atoms with van der Waals surface area (Å²) in [5.41, 5.74) is 0. The highest BCUT2D eigenvalue weighted by atomic mass is 14.3. The molecule has 0 bridgehead atoms. The second-order valence-corrected chi connectivity index (χ2v) is 2.90. The summed E-state index contributed by atoms with van der Waals surface area (Å²) in [7, 11) is 0. The standard InChI is InChI=1S/C5H10.C3H8.3C2H6.C2H4/c1-4-3-5(4)2;1-3-2;4*1-2/h4-5H,3H2,1-2H3;3H2,1-2H3;3*1-2H3;1-2H2. The smallest absolute Gasteiger partial charge is 0.0414 e. The topological polar surface area (TPSA) is 0 Å². The van der Waals surface area contributed by atoms with Gasteiger partial charge < -0.3 is 0 Å². The molecule has 1 aliphatic carbocycles. The minimum Gasteiger partial charge on any atom is -0.106 e. The molecule has 1 saturated carbocycles. The first-order chi connectivity index (χ1) is 7.72. The Labute approximate surface area is 108 Å². The lowest BCUT2D eigenvalue weighted by Crippen LogP contribution is -1.58. The van der Waals surface area contributed by atoms with Crippen molar-refractivity contribution in [3.8, 4) is 0 Å². The third-order valence-electron chi connectivity index (χ3n) is 1.51. The van der Waals surface area contributed by atoms with E-state index in [1.54, 1.807) is 0 Å². The molecular formula is C16H40.